The first-order chi connectivity index (χ1) is 16.3. The molecule has 178 valence electrons. The number of benzene rings is 1. The van der Waals surface area contributed by atoms with Gasteiger partial charge in [0.2, 0.25) is 5.91 Å². The fourth-order valence-corrected chi connectivity index (χ4v) is 5.15. The molecule has 2 aromatic rings. The van der Waals surface area contributed by atoms with Crippen LogP contribution in [0, 0.1) is 0 Å². The highest BCUT2D eigenvalue weighted by molar-refractivity contribution is 6.10. The zero-order valence-electron chi connectivity index (χ0n) is 19.4. The molecule has 5 amide bonds. The molecule has 0 spiro atoms. The summed E-state index contributed by atoms with van der Waals surface area (Å²) < 4.78 is 5.17. The topological polar surface area (TPSA) is 103 Å². The lowest BCUT2D eigenvalue weighted by Gasteiger charge is -2.36. The average Bonchev–Trinajstić information content (AvgIpc) is 3.58. The summed E-state index contributed by atoms with van der Waals surface area (Å²) in [6, 6.07) is 7.68. The monoisotopic (exact) mass is 464 g/mol. The van der Waals surface area contributed by atoms with E-state index in [0.29, 0.717) is 26.2 Å². The molecule has 5 rings (SSSR count). The lowest BCUT2D eigenvalue weighted by atomic mass is 9.89. The van der Waals surface area contributed by atoms with E-state index >= 15 is 0 Å². The summed E-state index contributed by atoms with van der Waals surface area (Å²) in [6.07, 6.45) is 4.54. The first-order valence-corrected chi connectivity index (χ1v) is 11.7. The number of rotatable bonds is 4. The summed E-state index contributed by atoms with van der Waals surface area (Å²) in [5, 5.41) is 2.82. The minimum Gasteiger partial charge on any atom is -0.459 e. The van der Waals surface area contributed by atoms with Crippen molar-refractivity contribution in [3.8, 4) is 0 Å². The highest BCUT2D eigenvalue weighted by Gasteiger charge is 2.52. The first kappa shape index (κ1) is 22.2. The molecule has 1 aliphatic carbocycles. The van der Waals surface area contributed by atoms with Gasteiger partial charge in [-0.2, -0.15) is 0 Å². The first-order valence-electron chi connectivity index (χ1n) is 11.7. The van der Waals surface area contributed by atoms with E-state index in [1.54, 1.807) is 35.8 Å². The normalized spacial score (nSPS) is 23.2. The Labute approximate surface area is 197 Å². The van der Waals surface area contributed by atoms with Gasteiger partial charge in [-0.25, -0.2) is 9.69 Å². The number of hydrogen-bond acceptors (Lipinski definition) is 5. The van der Waals surface area contributed by atoms with E-state index in [9.17, 15) is 19.2 Å². The number of furan rings is 1. The summed E-state index contributed by atoms with van der Waals surface area (Å²) in [4.78, 5) is 56.3. The SMILES string of the molecule is C[C@@H](C(=O)N1CCN(C(=O)c2ccco2)CC1)N1C(=O)N[C@](C)(c2ccc3c(c2)CCC3)C1=O. The lowest BCUT2D eigenvalue weighted by molar-refractivity contribution is -0.143. The van der Waals surface area contributed by atoms with Gasteiger partial charge in [-0.3, -0.25) is 14.4 Å². The number of hydrogen-bond donors (Lipinski definition) is 1. The molecule has 2 atom stereocenters. The zero-order valence-corrected chi connectivity index (χ0v) is 19.4. The molecule has 1 N–H and O–H groups in total. The third-order valence-corrected chi connectivity index (χ3v) is 7.25. The lowest BCUT2D eigenvalue weighted by Crippen LogP contribution is -2.56. The highest BCUT2D eigenvalue weighted by Crippen LogP contribution is 2.33. The van der Waals surface area contributed by atoms with Gasteiger partial charge in [0.25, 0.3) is 11.8 Å². The Hall–Kier alpha value is -3.62. The second kappa shape index (κ2) is 8.30. The number of fused-ring (bicyclic) bond motifs is 1. The third-order valence-electron chi connectivity index (χ3n) is 7.25. The van der Waals surface area contributed by atoms with E-state index < -0.39 is 23.5 Å². The van der Waals surface area contributed by atoms with Gasteiger partial charge in [0.05, 0.1) is 6.26 Å². The van der Waals surface area contributed by atoms with E-state index in [-0.39, 0.29) is 17.6 Å². The summed E-state index contributed by atoms with van der Waals surface area (Å²) >= 11 is 0. The molecular formula is C25H28N4O5. The van der Waals surface area contributed by atoms with Gasteiger partial charge in [-0.1, -0.05) is 18.2 Å². The predicted octanol–water partition coefficient (Wildman–Crippen LogP) is 1.91. The smallest absolute Gasteiger partial charge is 0.326 e. The molecule has 34 heavy (non-hydrogen) atoms. The van der Waals surface area contributed by atoms with Crippen LogP contribution >= 0.6 is 0 Å². The highest BCUT2D eigenvalue weighted by atomic mass is 16.3. The number of aryl methyl sites for hydroxylation is 2. The summed E-state index contributed by atoms with van der Waals surface area (Å²) in [5.74, 6) is -0.697. The minimum absolute atomic E-state index is 0.218. The molecule has 3 heterocycles. The van der Waals surface area contributed by atoms with Gasteiger partial charge in [0.1, 0.15) is 11.6 Å². The molecule has 0 unspecified atom stereocenters. The number of piperazine rings is 1. The average molecular weight is 465 g/mol. The number of urea groups is 1. The van der Waals surface area contributed by atoms with Gasteiger partial charge in [0.15, 0.2) is 5.76 Å². The van der Waals surface area contributed by atoms with Gasteiger partial charge in [-0.05, 0) is 61.9 Å². The fourth-order valence-electron chi connectivity index (χ4n) is 5.15. The van der Waals surface area contributed by atoms with Crippen molar-refractivity contribution in [1.29, 1.82) is 0 Å². The molecule has 2 aliphatic heterocycles. The molecule has 1 aromatic carbocycles. The Morgan fingerprint density at radius 2 is 1.74 bits per heavy atom. The number of nitrogens with zero attached hydrogens (tertiary/aromatic N) is 3. The van der Waals surface area contributed by atoms with Crippen LogP contribution in [0.1, 0.15) is 47.5 Å². The summed E-state index contributed by atoms with van der Waals surface area (Å²) in [7, 11) is 0. The van der Waals surface area contributed by atoms with Crippen LogP contribution in [-0.2, 0) is 28.0 Å². The van der Waals surface area contributed by atoms with Crippen LogP contribution in [0.15, 0.2) is 41.0 Å². The Balaban J connectivity index is 1.27. The van der Waals surface area contributed by atoms with Crippen LogP contribution in [0.5, 0.6) is 0 Å². The molecular weight excluding hydrogens is 436 g/mol. The zero-order chi connectivity index (χ0) is 24.0. The molecule has 0 saturated carbocycles. The van der Waals surface area contributed by atoms with Crippen molar-refractivity contribution in [3.63, 3.8) is 0 Å². The molecule has 2 fully saturated rings. The van der Waals surface area contributed by atoms with E-state index in [0.717, 1.165) is 29.7 Å². The van der Waals surface area contributed by atoms with Crippen molar-refractivity contribution in [2.45, 2.75) is 44.7 Å². The summed E-state index contributed by atoms with van der Waals surface area (Å²) in [5.41, 5.74) is 2.02. The minimum atomic E-state index is -1.21. The molecule has 3 aliphatic rings. The van der Waals surface area contributed by atoms with Crippen LogP contribution in [0.3, 0.4) is 0 Å². The Kier molecular flexibility index (Phi) is 5.42. The van der Waals surface area contributed by atoms with Crippen molar-refractivity contribution in [1.82, 2.24) is 20.0 Å². The van der Waals surface area contributed by atoms with Gasteiger partial charge in [-0.15, -0.1) is 0 Å². The number of imide groups is 1. The van der Waals surface area contributed by atoms with Crippen LogP contribution < -0.4 is 5.32 Å². The molecule has 1 aromatic heterocycles. The van der Waals surface area contributed by atoms with Crippen molar-refractivity contribution in [2.75, 3.05) is 26.2 Å². The van der Waals surface area contributed by atoms with Crippen LogP contribution in [0.25, 0.3) is 0 Å². The van der Waals surface area contributed by atoms with E-state index in [2.05, 4.69) is 5.32 Å². The maximum Gasteiger partial charge on any atom is 0.326 e. The molecule has 9 heteroatoms. The quantitative estimate of drug-likeness (QED) is 0.697. The Morgan fingerprint density at radius 1 is 1.03 bits per heavy atom. The number of carbonyl (C=O) groups is 4. The number of nitrogens with one attached hydrogen (secondary N) is 1. The van der Waals surface area contributed by atoms with Crippen LogP contribution in [-0.4, -0.2) is 70.7 Å². The van der Waals surface area contributed by atoms with Crippen LogP contribution in [0.2, 0.25) is 0 Å². The van der Waals surface area contributed by atoms with Crippen molar-refractivity contribution < 1.29 is 23.6 Å². The van der Waals surface area contributed by atoms with Crippen LogP contribution in [0.4, 0.5) is 4.79 Å². The van der Waals surface area contributed by atoms with E-state index in [1.807, 2.05) is 18.2 Å². The fraction of sp³-hybridized carbons (Fsp3) is 0.440. The van der Waals surface area contributed by atoms with Crippen molar-refractivity contribution in [3.05, 3.63) is 59.0 Å². The number of carbonyl (C=O) groups excluding carboxylic acids is 4. The Morgan fingerprint density at radius 3 is 2.44 bits per heavy atom. The third kappa shape index (κ3) is 3.55. The molecule has 0 bridgehead atoms. The van der Waals surface area contributed by atoms with Crippen molar-refractivity contribution in [2.24, 2.45) is 0 Å². The maximum absolute atomic E-state index is 13.4. The van der Waals surface area contributed by atoms with E-state index in [1.165, 1.54) is 17.4 Å². The molecule has 0 radical (unpaired) electrons. The standard InChI is InChI=1S/C25H28N4O5/c1-16(21(30)27-10-12-28(13-11-27)22(31)20-7-4-14-34-20)29-23(32)25(2,26-24(29)33)19-9-8-17-5-3-6-18(17)15-19/h4,7-9,14-16H,3,5-6,10-13H2,1-2H3,(H,26,33)/t16-,25+/m0/s1. The van der Waals surface area contributed by atoms with Gasteiger partial charge < -0.3 is 19.5 Å². The second-order valence-electron chi connectivity index (χ2n) is 9.34. The van der Waals surface area contributed by atoms with Gasteiger partial charge >= 0.3 is 6.03 Å². The molecule has 9 nitrogen and oxygen atoms in total. The van der Waals surface area contributed by atoms with E-state index in [4.69, 9.17) is 4.42 Å². The predicted molar refractivity (Wildman–Crippen MR) is 122 cm³/mol. The van der Waals surface area contributed by atoms with Gasteiger partial charge in [0, 0.05) is 26.2 Å². The Bertz CT molecular complexity index is 1150. The second-order valence-corrected chi connectivity index (χ2v) is 9.34. The molecule has 2 saturated heterocycles. The van der Waals surface area contributed by atoms with Crippen molar-refractivity contribution >= 4 is 23.8 Å². The number of amides is 5. The largest absolute Gasteiger partial charge is 0.459 e. The summed E-state index contributed by atoms with van der Waals surface area (Å²) in [6.45, 7) is 4.62. The maximum atomic E-state index is 13.4.